The molecule has 1 N–H and O–H groups in total. The Morgan fingerprint density at radius 3 is 2.73 bits per heavy atom. The average Bonchev–Trinajstić information content (AvgIpc) is 2.87. The second kappa shape index (κ2) is 6.60. The third-order valence-electron chi connectivity index (χ3n) is 3.40. The number of carbonyl (C=O) groups is 1. The summed E-state index contributed by atoms with van der Waals surface area (Å²) in [5.41, 5.74) is 1.91. The highest BCUT2D eigenvalue weighted by Gasteiger charge is 2.15. The van der Waals surface area contributed by atoms with Gasteiger partial charge in [0.15, 0.2) is 0 Å². The number of aryl methyl sites for hydroxylation is 1. The van der Waals surface area contributed by atoms with Crippen LogP contribution in [0.2, 0.25) is 0 Å². The first kappa shape index (κ1) is 16.0. The van der Waals surface area contributed by atoms with E-state index in [1.165, 1.54) is 25.3 Å². The van der Waals surface area contributed by atoms with Crippen LogP contribution in [0.4, 0.5) is 4.39 Å². The van der Waals surface area contributed by atoms with Crippen molar-refractivity contribution in [1.29, 1.82) is 0 Å². The molecule has 118 valence electrons. The van der Waals surface area contributed by atoms with Gasteiger partial charge in [0, 0.05) is 19.2 Å². The molecule has 0 aliphatic rings. The quantitative estimate of drug-likeness (QED) is 0.924. The Hall–Kier alpha value is -2.37. The Labute approximate surface area is 129 Å². The molecule has 0 saturated carbocycles. The number of methoxy groups -OCH3 is 1. The molecule has 1 amide bonds. The molecule has 1 aromatic carbocycles. The third kappa shape index (κ3) is 3.44. The van der Waals surface area contributed by atoms with E-state index in [0.29, 0.717) is 17.0 Å². The van der Waals surface area contributed by atoms with Gasteiger partial charge in [-0.15, -0.1) is 0 Å². The van der Waals surface area contributed by atoms with Crippen molar-refractivity contribution in [1.82, 2.24) is 15.1 Å². The van der Waals surface area contributed by atoms with Crippen LogP contribution in [-0.4, -0.2) is 22.8 Å². The largest absolute Gasteiger partial charge is 0.496 e. The van der Waals surface area contributed by atoms with Gasteiger partial charge in [0.2, 0.25) is 0 Å². The van der Waals surface area contributed by atoms with Crippen LogP contribution < -0.4 is 10.1 Å². The van der Waals surface area contributed by atoms with Crippen LogP contribution in [0.25, 0.3) is 0 Å². The Balaban J connectivity index is 2.12. The molecule has 0 atom stereocenters. The predicted molar refractivity (Wildman–Crippen MR) is 81.4 cm³/mol. The van der Waals surface area contributed by atoms with Crippen molar-refractivity contribution >= 4 is 5.91 Å². The van der Waals surface area contributed by atoms with Crippen LogP contribution in [0.1, 0.15) is 41.5 Å². The van der Waals surface area contributed by atoms with Crippen LogP contribution in [-0.2, 0) is 13.6 Å². The number of amides is 1. The number of ether oxygens (including phenoxy) is 1. The van der Waals surface area contributed by atoms with Crippen LogP contribution in [0.15, 0.2) is 24.3 Å². The first-order valence-electron chi connectivity index (χ1n) is 7.07. The lowest BCUT2D eigenvalue weighted by molar-refractivity contribution is 0.0941. The van der Waals surface area contributed by atoms with E-state index in [1.54, 1.807) is 17.8 Å². The van der Waals surface area contributed by atoms with Crippen LogP contribution in [0, 0.1) is 5.82 Å². The van der Waals surface area contributed by atoms with E-state index >= 15 is 0 Å². The molecule has 0 aliphatic carbocycles. The molecule has 5 nitrogen and oxygen atoms in total. The van der Waals surface area contributed by atoms with E-state index in [9.17, 15) is 9.18 Å². The maximum absolute atomic E-state index is 13.3. The minimum absolute atomic E-state index is 0.182. The van der Waals surface area contributed by atoms with Crippen LogP contribution in [0.5, 0.6) is 5.75 Å². The van der Waals surface area contributed by atoms with E-state index in [1.807, 2.05) is 13.8 Å². The zero-order valence-electron chi connectivity index (χ0n) is 13.2. The monoisotopic (exact) mass is 305 g/mol. The van der Waals surface area contributed by atoms with Gasteiger partial charge in [-0.1, -0.05) is 13.8 Å². The number of rotatable bonds is 5. The summed E-state index contributed by atoms with van der Waals surface area (Å²) in [6, 6.07) is 5.97. The molecule has 1 aromatic heterocycles. The number of carbonyl (C=O) groups excluding carboxylic acids is 1. The average molecular weight is 305 g/mol. The topological polar surface area (TPSA) is 56.1 Å². The van der Waals surface area contributed by atoms with E-state index in [4.69, 9.17) is 4.74 Å². The van der Waals surface area contributed by atoms with Gasteiger partial charge in [0.1, 0.15) is 17.3 Å². The third-order valence-corrected chi connectivity index (χ3v) is 3.40. The van der Waals surface area contributed by atoms with Gasteiger partial charge < -0.3 is 10.1 Å². The van der Waals surface area contributed by atoms with Gasteiger partial charge in [-0.25, -0.2) is 4.39 Å². The lowest BCUT2D eigenvalue weighted by Gasteiger charge is -2.10. The summed E-state index contributed by atoms with van der Waals surface area (Å²) < 4.78 is 20.0. The summed E-state index contributed by atoms with van der Waals surface area (Å²) in [4.78, 5) is 12.3. The van der Waals surface area contributed by atoms with Gasteiger partial charge in [-0.05, 0) is 30.2 Å². The molecule has 0 saturated heterocycles. The number of hydrogen-bond donors (Lipinski definition) is 1. The number of benzene rings is 1. The maximum Gasteiger partial charge on any atom is 0.269 e. The lowest BCUT2D eigenvalue weighted by Crippen LogP contribution is -2.25. The summed E-state index contributed by atoms with van der Waals surface area (Å²) in [6.07, 6.45) is 0. The Morgan fingerprint density at radius 2 is 2.14 bits per heavy atom. The molecule has 0 unspecified atom stereocenters. The molecular formula is C16H20FN3O2. The fraction of sp³-hybridized carbons (Fsp3) is 0.375. The molecule has 6 heteroatoms. The molecule has 0 bridgehead atoms. The number of hydrogen-bond acceptors (Lipinski definition) is 3. The standard InChI is InChI=1S/C16H20FN3O2/c1-10(2)13-8-14(20(3)19-13)16(21)18-9-11-7-12(17)5-6-15(11)22-4/h5-8,10H,9H2,1-4H3,(H,18,21). The number of halogens is 1. The highest BCUT2D eigenvalue weighted by atomic mass is 19.1. The van der Waals surface area contributed by atoms with Gasteiger partial charge >= 0.3 is 0 Å². The van der Waals surface area contributed by atoms with Crippen molar-refractivity contribution in [3.63, 3.8) is 0 Å². The summed E-state index contributed by atoms with van der Waals surface area (Å²) in [5, 5.41) is 7.07. The first-order chi connectivity index (χ1) is 10.4. The number of aromatic nitrogens is 2. The lowest BCUT2D eigenvalue weighted by atomic mass is 10.1. The van der Waals surface area contributed by atoms with Crippen molar-refractivity contribution in [3.8, 4) is 5.75 Å². The summed E-state index contributed by atoms with van der Waals surface area (Å²) in [7, 11) is 3.23. The van der Waals surface area contributed by atoms with Crippen LogP contribution in [0.3, 0.4) is 0 Å². The highest BCUT2D eigenvalue weighted by Crippen LogP contribution is 2.19. The fourth-order valence-corrected chi connectivity index (χ4v) is 2.14. The minimum Gasteiger partial charge on any atom is -0.496 e. The molecule has 2 aromatic rings. The van der Waals surface area contributed by atoms with E-state index < -0.39 is 0 Å². The zero-order valence-corrected chi connectivity index (χ0v) is 13.2. The van der Waals surface area contributed by atoms with Gasteiger partial charge in [0.05, 0.1) is 12.8 Å². The molecule has 22 heavy (non-hydrogen) atoms. The molecule has 2 rings (SSSR count). The van der Waals surface area contributed by atoms with E-state index in [-0.39, 0.29) is 24.2 Å². The Kier molecular flexibility index (Phi) is 4.80. The summed E-state index contributed by atoms with van der Waals surface area (Å²) in [6.45, 7) is 4.21. The van der Waals surface area contributed by atoms with Crippen molar-refractivity contribution in [2.45, 2.75) is 26.3 Å². The SMILES string of the molecule is COc1ccc(F)cc1CNC(=O)c1cc(C(C)C)nn1C. The van der Waals surface area contributed by atoms with Gasteiger partial charge in [-0.3, -0.25) is 9.48 Å². The van der Waals surface area contributed by atoms with Crippen molar-refractivity contribution in [2.75, 3.05) is 7.11 Å². The van der Waals surface area contributed by atoms with Gasteiger partial charge in [0.25, 0.3) is 5.91 Å². The maximum atomic E-state index is 13.3. The second-order valence-electron chi connectivity index (χ2n) is 5.37. The molecular weight excluding hydrogens is 285 g/mol. The molecule has 0 fully saturated rings. The molecule has 0 spiro atoms. The predicted octanol–water partition coefficient (Wildman–Crippen LogP) is 2.62. The fourth-order valence-electron chi connectivity index (χ4n) is 2.14. The van der Waals surface area contributed by atoms with E-state index in [2.05, 4.69) is 10.4 Å². The first-order valence-corrected chi connectivity index (χ1v) is 7.07. The van der Waals surface area contributed by atoms with Crippen LogP contribution >= 0.6 is 0 Å². The molecule has 1 heterocycles. The molecule has 0 radical (unpaired) electrons. The summed E-state index contributed by atoms with van der Waals surface area (Å²) in [5.74, 6) is 0.159. The molecule has 0 aliphatic heterocycles. The second-order valence-corrected chi connectivity index (χ2v) is 5.37. The minimum atomic E-state index is -0.368. The summed E-state index contributed by atoms with van der Waals surface area (Å²) >= 11 is 0. The normalized spacial score (nSPS) is 10.8. The van der Waals surface area contributed by atoms with Crippen molar-refractivity contribution in [2.24, 2.45) is 7.05 Å². The smallest absolute Gasteiger partial charge is 0.269 e. The van der Waals surface area contributed by atoms with Gasteiger partial charge in [-0.2, -0.15) is 5.10 Å². The van der Waals surface area contributed by atoms with Crippen molar-refractivity contribution in [3.05, 3.63) is 47.0 Å². The zero-order chi connectivity index (χ0) is 16.3. The van der Waals surface area contributed by atoms with E-state index in [0.717, 1.165) is 5.69 Å². The highest BCUT2D eigenvalue weighted by molar-refractivity contribution is 5.92. The number of nitrogens with one attached hydrogen (secondary N) is 1. The Morgan fingerprint density at radius 1 is 1.41 bits per heavy atom. The Bertz CT molecular complexity index is 680. The van der Waals surface area contributed by atoms with Crippen molar-refractivity contribution < 1.29 is 13.9 Å². The number of nitrogens with zero attached hydrogens (tertiary/aromatic N) is 2.